The molecule has 2 fully saturated rings. The highest BCUT2D eigenvalue weighted by Gasteiger charge is 2.47. The van der Waals surface area contributed by atoms with E-state index >= 15 is 0 Å². The van der Waals surface area contributed by atoms with Gasteiger partial charge in [0, 0.05) is 31.1 Å². The average molecular weight is 685 g/mol. The van der Waals surface area contributed by atoms with Crippen molar-refractivity contribution in [3.8, 4) is 0 Å². The third-order valence-electron chi connectivity index (χ3n) is 9.33. The highest BCUT2D eigenvalue weighted by molar-refractivity contribution is 8.05. The van der Waals surface area contributed by atoms with Crippen LogP contribution in [0.2, 0.25) is 0 Å². The second-order valence-electron chi connectivity index (χ2n) is 14.6. The first-order valence-electron chi connectivity index (χ1n) is 15.9. The summed E-state index contributed by atoms with van der Waals surface area (Å²) >= 11 is 0. The van der Waals surface area contributed by atoms with Gasteiger partial charge in [-0.25, -0.2) is 16.8 Å². The third-order valence-corrected chi connectivity index (χ3v) is 12.3. The normalized spacial score (nSPS) is 23.3. The van der Waals surface area contributed by atoms with Gasteiger partial charge in [-0.3, -0.25) is 19.3 Å². The molecule has 46 heavy (non-hydrogen) atoms. The quantitative estimate of drug-likeness (QED) is 0.271. The number of likely N-dealkylation sites (tertiary alicyclic amines) is 1. The topological polar surface area (TPSA) is 179 Å². The van der Waals surface area contributed by atoms with E-state index in [1.165, 1.54) is 13.8 Å². The molecule has 1 heterocycles. The van der Waals surface area contributed by atoms with E-state index in [4.69, 9.17) is 0 Å². The number of benzene rings is 1. The van der Waals surface area contributed by atoms with Gasteiger partial charge in [-0.1, -0.05) is 49.6 Å². The van der Waals surface area contributed by atoms with Gasteiger partial charge >= 0.3 is 5.24 Å². The minimum Gasteiger partial charge on any atom is -0.390 e. The van der Waals surface area contributed by atoms with E-state index in [1.807, 2.05) is 56.0 Å². The highest BCUT2D eigenvalue weighted by atomic mass is 32.2. The molecule has 3 amide bonds. The Morgan fingerprint density at radius 2 is 1.52 bits per heavy atom. The molecular weight excluding hydrogens is 633 g/mol. The molecule has 260 valence electrons. The molecular formula is C32H52N4O8S2. The maximum absolute atomic E-state index is 13.8. The van der Waals surface area contributed by atoms with Gasteiger partial charge in [-0.05, 0) is 71.3 Å². The van der Waals surface area contributed by atoms with Crippen molar-refractivity contribution in [2.45, 2.75) is 108 Å². The second-order valence-corrected chi connectivity index (χ2v) is 19.1. The van der Waals surface area contributed by atoms with Crippen LogP contribution in [0.5, 0.6) is 0 Å². The monoisotopic (exact) mass is 684 g/mol. The van der Waals surface area contributed by atoms with Crippen LogP contribution in [0, 0.1) is 11.8 Å². The summed E-state index contributed by atoms with van der Waals surface area (Å²) in [5.74, 6) is -0.283. The summed E-state index contributed by atoms with van der Waals surface area (Å²) in [5.41, 5.74) is 0.325. The molecule has 0 radical (unpaired) electrons. The molecule has 0 bridgehead atoms. The number of β-amino-alcohol motifs (C(OH)–C–C–N with tert-alkyl or cyclic N) is 1. The fraction of sp³-hybridized carbons (Fsp3) is 0.719. The van der Waals surface area contributed by atoms with Crippen LogP contribution in [0.1, 0.15) is 72.3 Å². The number of nitrogens with one attached hydrogen (secondary N) is 3. The van der Waals surface area contributed by atoms with Gasteiger partial charge in [-0.2, -0.15) is 0 Å². The standard InChI is InChI=1S/C32H52N4O8S2/c1-31(2,3)35-28(38)25-18-22-15-11-12-16-23(22)19-36(25)20-26(37)24(17-21-13-9-8-10-14-21)33-29(39)27(32(4,5)46(7,43)44)34-30(40)45(6,41)42/h8-10,13-14,22-27,37H,11-12,15-20H2,1-7H3,(H,33,39)(H,34,40)(H,35,38)/t22-,23+,24-,25-,26+,27+/m0/s1. The Morgan fingerprint density at radius 3 is 2.07 bits per heavy atom. The van der Waals surface area contributed by atoms with E-state index in [9.17, 15) is 36.3 Å². The number of carbonyl (C=O) groups is 3. The number of fused-ring (bicyclic) bond motifs is 1. The molecule has 0 aromatic heterocycles. The summed E-state index contributed by atoms with van der Waals surface area (Å²) in [7, 11) is -8.31. The molecule has 4 N–H and O–H groups in total. The van der Waals surface area contributed by atoms with E-state index in [2.05, 4.69) is 16.0 Å². The number of aliphatic hydroxyl groups is 1. The molecule has 1 aliphatic heterocycles. The number of hydrogen-bond donors (Lipinski definition) is 4. The van der Waals surface area contributed by atoms with E-state index in [-0.39, 0.29) is 18.9 Å². The van der Waals surface area contributed by atoms with E-state index in [1.54, 1.807) is 0 Å². The fourth-order valence-corrected chi connectivity index (χ4v) is 7.33. The van der Waals surface area contributed by atoms with Crippen LogP contribution >= 0.6 is 0 Å². The lowest BCUT2D eigenvalue weighted by Crippen LogP contribution is -2.64. The fourth-order valence-electron chi connectivity index (χ4n) is 6.41. The summed E-state index contributed by atoms with van der Waals surface area (Å²) in [5, 5.41) is 18.2. The van der Waals surface area contributed by atoms with Crippen molar-refractivity contribution in [2.24, 2.45) is 11.8 Å². The smallest absolute Gasteiger partial charge is 0.336 e. The largest absolute Gasteiger partial charge is 0.390 e. The molecule has 1 saturated heterocycles. The van der Waals surface area contributed by atoms with Crippen molar-refractivity contribution in [3.05, 3.63) is 35.9 Å². The number of nitrogens with zero attached hydrogens (tertiary/aromatic N) is 1. The lowest BCUT2D eigenvalue weighted by atomic mass is 9.72. The van der Waals surface area contributed by atoms with Crippen LogP contribution in [0.25, 0.3) is 0 Å². The lowest BCUT2D eigenvalue weighted by molar-refractivity contribution is -0.133. The average Bonchev–Trinajstić information content (AvgIpc) is 2.93. The third kappa shape index (κ3) is 9.98. The molecule has 0 spiro atoms. The van der Waals surface area contributed by atoms with Crippen LogP contribution in [0.15, 0.2) is 30.3 Å². The Labute approximate surface area is 274 Å². The molecule has 3 rings (SSSR count). The first-order chi connectivity index (χ1) is 21.1. The minimum atomic E-state index is -4.31. The van der Waals surface area contributed by atoms with E-state index in [0.717, 1.165) is 37.5 Å². The van der Waals surface area contributed by atoms with Crippen LogP contribution in [-0.4, -0.2) is 104 Å². The lowest BCUT2D eigenvalue weighted by Gasteiger charge is -2.47. The van der Waals surface area contributed by atoms with E-state index < -0.39 is 65.3 Å². The van der Waals surface area contributed by atoms with Crippen molar-refractivity contribution in [1.29, 1.82) is 0 Å². The number of hydrogen-bond acceptors (Lipinski definition) is 9. The van der Waals surface area contributed by atoms with Gasteiger partial charge in [-0.15, -0.1) is 0 Å². The van der Waals surface area contributed by atoms with Crippen molar-refractivity contribution in [3.63, 3.8) is 0 Å². The maximum atomic E-state index is 13.8. The Morgan fingerprint density at radius 1 is 0.935 bits per heavy atom. The molecule has 14 heteroatoms. The van der Waals surface area contributed by atoms with Gasteiger partial charge < -0.3 is 21.1 Å². The predicted octanol–water partition coefficient (Wildman–Crippen LogP) is 1.82. The number of amides is 3. The van der Waals surface area contributed by atoms with Crippen LogP contribution in [0.3, 0.4) is 0 Å². The number of aliphatic hydroxyl groups excluding tert-OH is 1. The van der Waals surface area contributed by atoms with Gasteiger partial charge in [0.1, 0.15) is 6.04 Å². The number of carbonyl (C=O) groups excluding carboxylic acids is 3. The highest BCUT2D eigenvalue weighted by Crippen LogP contribution is 2.39. The zero-order chi connectivity index (χ0) is 34.7. The van der Waals surface area contributed by atoms with Crippen molar-refractivity contribution >= 4 is 36.7 Å². The van der Waals surface area contributed by atoms with Gasteiger partial charge in [0.15, 0.2) is 9.84 Å². The molecule has 1 saturated carbocycles. The van der Waals surface area contributed by atoms with Gasteiger partial charge in [0.2, 0.25) is 21.7 Å². The van der Waals surface area contributed by atoms with Crippen LogP contribution in [-0.2, 0) is 35.7 Å². The molecule has 6 atom stereocenters. The summed E-state index contributed by atoms with van der Waals surface area (Å²) in [6.07, 6.45) is 5.50. The maximum Gasteiger partial charge on any atom is 0.336 e. The second kappa shape index (κ2) is 14.7. The molecule has 12 nitrogen and oxygen atoms in total. The predicted molar refractivity (Wildman–Crippen MR) is 177 cm³/mol. The first kappa shape index (κ1) is 37.9. The summed E-state index contributed by atoms with van der Waals surface area (Å²) in [4.78, 5) is 41.8. The number of rotatable bonds is 11. The van der Waals surface area contributed by atoms with Gasteiger partial charge in [0.05, 0.1) is 22.9 Å². The number of piperidine rings is 1. The summed E-state index contributed by atoms with van der Waals surface area (Å²) in [6.45, 7) is 8.87. The first-order valence-corrected chi connectivity index (χ1v) is 19.7. The molecule has 1 aliphatic carbocycles. The van der Waals surface area contributed by atoms with Crippen LogP contribution in [0.4, 0.5) is 4.79 Å². The Bertz CT molecular complexity index is 1460. The molecule has 1 aromatic rings. The van der Waals surface area contributed by atoms with Gasteiger partial charge in [0.25, 0.3) is 0 Å². The van der Waals surface area contributed by atoms with Crippen molar-refractivity contribution in [1.82, 2.24) is 20.9 Å². The van der Waals surface area contributed by atoms with Crippen LogP contribution < -0.4 is 16.0 Å². The summed E-state index contributed by atoms with van der Waals surface area (Å²) in [6, 6.07) is 5.84. The minimum absolute atomic E-state index is 0.0546. The summed E-state index contributed by atoms with van der Waals surface area (Å²) < 4.78 is 47.5. The zero-order valence-corrected chi connectivity index (χ0v) is 29.7. The van der Waals surface area contributed by atoms with Crippen molar-refractivity contribution in [2.75, 3.05) is 25.6 Å². The Hall–Kier alpha value is -2.55. The Balaban J connectivity index is 1.95. The van der Waals surface area contributed by atoms with Crippen molar-refractivity contribution < 1.29 is 36.3 Å². The Kier molecular flexibility index (Phi) is 12.1. The zero-order valence-electron chi connectivity index (χ0n) is 28.1. The number of sulfone groups is 2. The molecule has 2 aliphatic rings. The SMILES string of the molecule is CC(C)(C)NC(=O)[C@@H]1C[C@@H]2CCCC[C@@H]2CN1C[C@@H](O)[C@H](Cc1ccccc1)NC(=O)[C@@H](NC(=O)S(C)(=O)=O)C(C)(C)S(C)(=O)=O. The molecule has 0 unspecified atom stereocenters. The van der Waals surface area contributed by atoms with E-state index in [0.29, 0.717) is 31.1 Å². The molecule has 1 aromatic carbocycles.